The molecule has 1 aromatic heterocycles. The molecule has 0 unspecified atom stereocenters. The smallest absolute Gasteiger partial charge is 0.190 e. The van der Waals surface area contributed by atoms with Gasteiger partial charge in [0, 0.05) is 11.4 Å². The summed E-state index contributed by atoms with van der Waals surface area (Å²) in [6, 6.07) is 13.4. The van der Waals surface area contributed by atoms with Gasteiger partial charge in [-0.1, -0.05) is 12.1 Å². The quantitative estimate of drug-likeness (QED) is 0.639. The van der Waals surface area contributed by atoms with Crippen LogP contribution in [0.2, 0.25) is 0 Å². The Labute approximate surface area is 136 Å². The van der Waals surface area contributed by atoms with E-state index in [0.717, 1.165) is 28.9 Å². The Morgan fingerprint density at radius 1 is 1.00 bits per heavy atom. The van der Waals surface area contributed by atoms with Crippen LogP contribution in [-0.4, -0.2) is 4.57 Å². The Kier molecular flexibility index (Phi) is 3.58. The lowest BCUT2D eigenvalue weighted by molar-refractivity contribution is 0.626. The Balaban J connectivity index is 1.86. The fourth-order valence-corrected chi connectivity index (χ4v) is 3.54. The molecule has 5 heteroatoms. The van der Waals surface area contributed by atoms with Gasteiger partial charge >= 0.3 is 0 Å². The highest BCUT2D eigenvalue weighted by molar-refractivity contribution is 7.07. The van der Waals surface area contributed by atoms with Gasteiger partial charge < -0.3 is 4.57 Å². The molecule has 0 saturated heterocycles. The molecule has 0 spiro atoms. The van der Waals surface area contributed by atoms with Crippen molar-refractivity contribution in [3.8, 4) is 11.3 Å². The van der Waals surface area contributed by atoms with E-state index >= 15 is 0 Å². The Morgan fingerprint density at radius 3 is 2.43 bits per heavy atom. The molecule has 2 aromatic carbocycles. The fraction of sp³-hybridized carbons (Fsp3) is 0.167. The molecule has 0 bridgehead atoms. The van der Waals surface area contributed by atoms with Gasteiger partial charge in [0.15, 0.2) is 4.80 Å². The first-order valence-corrected chi connectivity index (χ1v) is 8.35. The number of nitrogens with zero attached hydrogens (tertiary/aromatic N) is 2. The number of thiazole rings is 1. The highest BCUT2D eigenvalue weighted by Crippen LogP contribution is 2.38. The minimum Gasteiger partial charge on any atom is -0.313 e. The number of halogens is 2. The summed E-state index contributed by atoms with van der Waals surface area (Å²) in [5, 5.41) is 2.01. The average Bonchev–Trinajstić information content (AvgIpc) is 3.31. The lowest BCUT2D eigenvalue weighted by Crippen LogP contribution is -2.14. The van der Waals surface area contributed by atoms with Gasteiger partial charge in [0.2, 0.25) is 0 Å². The summed E-state index contributed by atoms with van der Waals surface area (Å²) < 4.78 is 29.1. The maximum absolute atomic E-state index is 13.9. The Hall–Kier alpha value is -2.27. The molecule has 0 atom stereocenters. The zero-order valence-electron chi connectivity index (χ0n) is 12.2. The monoisotopic (exact) mass is 328 g/mol. The van der Waals surface area contributed by atoms with E-state index in [2.05, 4.69) is 9.56 Å². The first-order chi connectivity index (χ1) is 11.2. The van der Waals surface area contributed by atoms with Gasteiger partial charge in [-0.25, -0.2) is 13.8 Å². The van der Waals surface area contributed by atoms with Crippen LogP contribution in [0, 0.1) is 11.6 Å². The van der Waals surface area contributed by atoms with Crippen LogP contribution in [0.5, 0.6) is 0 Å². The van der Waals surface area contributed by atoms with Gasteiger partial charge in [0.1, 0.15) is 17.3 Å². The number of aromatic nitrogens is 1. The van der Waals surface area contributed by atoms with Crippen LogP contribution in [0.4, 0.5) is 14.5 Å². The molecule has 23 heavy (non-hydrogen) atoms. The van der Waals surface area contributed by atoms with E-state index in [-0.39, 0.29) is 11.6 Å². The molecule has 1 aliphatic carbocycles. The SMILES string of the molecule is Fc1ccc(-c2csc(=Nc3ccccc3F)n2C2CC2)cc1. The van der Waals surface area contributed by atoms with E-state index in [1.54, 1.807) is 30.3 Å². The summed E-state index contributed by atoms with van der Waals surface area (Å²) in [7, 11) is 0. The minimum atomic E-state index is -0.327. The van der Waals surface area contributed by atoms with Crippen LogP contribution < -0.4 is 4.80 Å². The van der Waals surface area contributed by atoms with E-state index < -0.39 is 0 Å². The second-order valence-electron chi connectivity index (χ2n) is 5.57. The lowest BCUT2D eigenvalue weighted by atomic mass is 10.1. The second kappa shape index (κ2) is 5.74. The van der Waals surface area contributed by atoms with Crippen molar-refractivity contribution < 1.29 is 8.78 Å². The molecule has 1 fully saturated rings. The van der Waals surface area contributed by atoms with Crippen molar-refractivity contribution in [3.05, 3.63) is 70.3 Å². The van der Waals surface area contributed by atoms with Gasteiger partial charge in [0.25, 0.3) is 0 Å². The van der Waals surface area contributed by atoms with Crippen molar-refractivity contribution in [3.63, 3.8) is 0 Å². The third-order valence-corrected chi connectivity index (χ3v) is 4.70. The van der Waals surface area contributed by atoms with Gasteiger partial charge in [-0.2, -0.15) is 0 Å². The molecule has 1 aliphatic rings. The molecule has 1 saturated carbocycles. The predicted octanol–water partition coefficient (Wildman–Crippen LogP) is 5.06. The second-order valence-corrected chi connectivity index (χ2v) is 6.41. The molecule has 0 N–H and O–H groups in total. The molecule has 1 heterocycles. The van der Waals surface area contributed by atoms with Crippen molar-refractivity contribution in [2.24, 2.45) is 4.99 Å². The van der Waals surface area contributed by atoms with Gasteiger partial charge in [-0.05, 0) is 54.8 Å². The van der Waals surface area contributed by atoms with E-state index in [0.29, 0.717) is 11.7 Å². The number of hydrogen-bond acceptors (Lipinski definition) is 2. The Bertz CT molecular complexity index is 905. The van der Waals surface area contributed by atoms with Crippen molar-refractivity contribution in [2.75, 3.05) is 0 Å². The summed E-state index contributed by atoms with van der Waals surface area (Å²) in [6.07, 6.45) is 2.19. The summed E-state index contributed by atoms with van der Waals surface area (Å²) >= 11 is 1.48. The highest BCUT2D eigenvalue weighted by atomic mass is 32.1. The standard InChI is InChI=1S/C18H14F2N2S/c19-13-7-5-12(6-8-13)17-11-23-18(22(17)14-9-10-14)21-16-4-2-1-3-15(16)20/h1-8,11,14H,9-10H2. The van der Waals surface area contributed by atoms with Crippen LogP contribution in [-0.2, 0) is 0 Å². The van der Waals surface area contributed by atoms with Crippen LogP contribution in [0.15, 0.2) is 58.9 Å². The summed E-state index contributed by atoms with van der Waals surface area (Å²) in [6.45, 7) is 0. The van der Waals surface area contributed by atoms with Crippen LogP contribution in [0.3, 0.4) is 0 Å². The largest absolute Gasteiger partial charge is 0.313 e. The third kappa shape index (κ3) is 2.84. The van der Waals surface area contributed by atoms with Gasteiger partial charge in [0.05, 0.1) is 5.69 Å². The molecule has 0 amide bonds. The molecule has 2 nitrogen and oxygen atoms in total. The highest BCUT2D eigenvalue weighted by Gasteiger charge is 2.27. The third-order valence-electron chi connectivity index (χ3n) is 3.86. The van der Waals surface area contributed by atoms with E-state index in [1.807, 2.05) is 5.38 Å². The zero-order chi connectivity index (χ0) is 15.8. The van der Waals surface area contributed by atoms with Gasteiger partial charge in [-0.3, -0.25) is 0 Å². The topological polar surface area (TPSA) is 17.3 Å². The zero-order valence-corrected chi connectivity index (χ0v) is 13.1. The average molecular weight is 328 g/mol. The molecule has 116 valence electrons. The number of benzene rings is 2. The van der Waals surface area contributed by atoms with Crippen LogP contribution >= 0.6 is 11.3 Å². The normalized spacial score (nSPS) is 15.1. The first-order valence-electron chi connectivity index (χ1n) is 7.47. The maximum Gasteiger partial charge on any atom is 0.190 e. The van der Waals surface area contributed by atoms with E-state index in [1.165, 1.54) is 29.5 Å². The minimum absolute atomic E-state index is 0.252. The molecule has 4 rings (SSSR count). The lowest BCUT2D eigenvalue weighted by Gasteiger charge is -2.07. The Morgan fingerprint density at radius 2 is 1.74 bits per heavy atom. The molecule has 0 radical (unpaired) electrons. The summed E-state index contributed by atoms with van der Waals surface area (Å²) in [5.74, 6) is -0.579. The van der Waals surface area contributed by atoms with Crippen LogP contribution in [0.1, 0.15) is 18.9 Å². The number of rotatable bonds is 3. The summed E-state index contributed by atoms with van der Waals surface area (Å²) in [4.78, 5) is 5.27. The predicted molar refractivity (Wildman–Crippen MR) is 87.6 cm³/mol. The van der Waals surface area contributed by atoms with Crippen LogP contribution in [0.25, 0.3) is 11.3 Å². The van der Waals surface area contributed by atoms with Crippen molar-refractivity contribution in [1.29, 1.82) is 0 Å². The molecular weight excluding hydrogens is 314 g/mol. The van der Waals surface area contributed by atoms with Crippen molar-refractivity contribution in [2.45, 2.75) is 18.9 Å². The first kappa shape index (κ1) is 14.3. The molecular formula is C18H14F2N2S. The van der Waals surface area contributed by atoms with E-state index in [9.17, 15) is 8.78 Å². The molecule has 3 aromatic rings. The van der Waals surface area contributed by atoms with E-state index in [4.69, 9.17) is 0 Å². The summed E-state index contributed by atoms with van der Waals surface area (Å²) in [5.41, 5.74) is 2.30. The fourth-order valence-electron chi connectivity index (χ4n) is 2.56. The van der Waals surface area contributed by atoms with Crippen molar-refractivity contribution >= 4 is 17.0 Å². The van der Waals surface area contributed by atoms with Gasteiger partial charge in [-0.15, -0.1) is 11.3 Å². The maximum atomic E-state index is 13.9. The number of para-hydroxylation sites is 1. The number of hydrogen-bond donors (Lipinski definition) is 0. The van der Waals surface area contributed by atoms with Crippen molar-refractivity contribution in [1.82, 2.24) is 4.57 Å². The molecule has 0 aliphatic heterocycles.